The van der Waals surface area contributed by atoms with Gasteiger partial charge in [-0.1, -0.05) is 30.3 Å². The number of rotatable bonds is 10. The highest BCUT2D eigenvalue weighted by Gasteiger charge is 2.26. The molecule has 2 saturated heterocycles. The van der Waals surface area contributed by atoms with Crippen LogP contribution in [0.4, 0.5) is 11.4 Å². The summed E-state index contributed by atoms with van der Waals surface area (Å²) >= 11 is 0. The number of likely N-dealkylation sites (tertiary alicyclic amines) is 1. The summed E-state index contributed by atoms with van der Waals surface area (Å²) in [6, 6.07) is 24.6. The van der Waals surface area contributed by atoms with Crippen molar-refractivity contribution in [2.75, 3.05) is 70.6 Å². The highest BCUT2D eigenvalue weighted by molar-refractivity contribution is 6.08. The van der Waals surface area contributed by atoms with Crippen molar-refractivity contribution >= 4 is 35.0 Å². The van der Waals surface area contributed by atoms with Crippen LogP contribution < -0.4 is 16.0 Å². The van der Waals surface area contributed by atoms with E-state index in [0.29, 0.717) is 46.7 Å². The van der Waals surface area contributed by atoms with E-state index in [1.54, 1.807) is 78.5 Å². The molecule has 3 heterocycles. The summed E-state index contributed by atoms with van der Waals surface area (Å²) in [5.74, 6) is -0.846. The highest BCUT2D eigenvalue weighted by atomic mass is 16.2. The van der Waals surface area contributed by atoms with Gasteiger partial charge in [-0.25, -0.2) is 0 Å². The van der Waals surface area contributed by atoms with E-state index in [9.17, 15) is 19.2 Å². The number of amides is 4. The summed E-state index contributed by atoms with van der Waals surface area (Å²) in [4.78, 5) is 63.6. The number of fused-ring (bicyclic) bond motifs is 1. The predicted octanol–water partition coefficient (Wildman–Crippen LogP) is 6.53. The van der Waals surface area contributed by atoms with Crippen LogP contribution in [0.2, 0.25) is 0 Å². The highest BCUT2D eigenvalue weighted by Crippen LogP contribution is 2.33. The molecule has 300 valence electrons. The minimum atomic E-state index is -0.557. The molecule has 11 heteroatoms. The molecule has 7 rings (SSSR count). The van der Waals surface area contributed by atoms with Gasteiger partial charge in [-0.15, -0.1) is 0 Å². The van der Waals surface area contributed by atoms with Gasteiger partial charge in [-0.2, -0.15) is 0 Å². The van der Waals surface area contributed by atoms with Gasteiger partial charge in [-0.3, -0.25) is 24.2 Å². The molecule has 2 aliphatic heterocycles. The molecule has 1 aromatic heterocycles. The Balaban J connectivity index is 0.000000472. The minimum Gasteiger partial charge on any atom is -0.372 e. The zero-order chi connectivity index (χ0) is 40.3. The summed E-state index contributed by atoms with van der Waals surface area (Å²) in [7, 11) is 5.35. The molecule has 2 fully saturated rings. The van der Waals surface area contributed by atoms with Crippen LogP contribution in [0.25, 0.3) is 11.3 Å². The molecule has 0 saturated carbocycles. The van der Waals surface area contributed by atoms with Gasteiger partial charge in [0.05, 0.1) is 11.4 Å². The van der Waals surface area contributed by atoms with Crippen LogP contribution in [0.1, 0.15) is 87.1 Å². The Morgan fingerprint density at radius 2 is 1.44 bits per heavy atom. The Labute approximate surface area is 337 Å². The van der Waals surface area contributed by atoms with E-state index in [0.717, 1.165) is 57.5 Å². The number of aromatic nitrogens is 1. The molecule has 0 atom stereocenters. The number of hydrogen-bond donors (Lipinski definition) is 2. The number of piperidine rings is 2. The molecule has 0 bridgehead atoms. The zero-order valence-electron chi connectivity index (χ0n) is 33.7. The van der Waals surface area contributed by atoms with E-state index in [1.807, 2.05) is 18.2 Å². The number of nitrogens with one attached hydrogen (secondary N) is 1. The van der Waals surface area contributed by atoms with Gasteiger partial charge in [0.25, 0.3) is 11.8 Å². The van der Waals surface area contributed by atoms with E-state index in [2.05, 4.69) is 44.4 Å². The predicted molar refractivity (Wildman–Crippen MR) is 227 cm³/mol. The van der Waals surface area contributed by atoms with Crippen molar-refractivity contribution in [3.63, 3.8) is 0 Å². The van der Waals surface area contributed by atoms with Gasteiger partial charge in [0.2, 0.25) is 11.8 Å². The molecule has 0 radical (unpaired) electrons. The maximum absolute atomic E-state index is 13.6. The van der Waals surface area contributed by atoms with Crippen LogP contribution in [0.3, 0.4) is 0 Å². The minimum absolute atomic E-state index is 0.0646. The number of pyridine rings is 1. The van der Waals surface area contributed by atoms with Crippen molar-refractivity contribution in [2.24, 2.45) is 11.7 Å². The third-order valence-electron chi connectivity index (χ3n) is 11.4. The Bertz CT molecular complexity index is 2010. The van der Waals surface area contributed by atoms with Gasteiger partial charge in [0.1, 0.15) is 0 Å². The fourth-order valence-corrected chi connectivity index (χ4v) is 7.98. The summed E-state index contributed by atoms with van der Waals surface area (Å²) in [6.07, 6.45) is 12.0. The molecule has 3 aliphatic rings. The number of primary amides is 1. The van der Waals surface area contributed by atoms with Crippen LogP contribution in [0.5, 0.6) is 0 Å². The molecule has 57 heavy (non-hydrogen) atoms. The number of carbonyl (C=O) groups is 4. The Morgan fingerprint density at radius 3 is 2.11 bits per heavy atom. The first-order valence-corrected chi connectivity index (χ1v) is 20.4. The second-order valence-corrected chi connectivity index (χ2v) is 15.7. The lowest BCUT2D eigenvalue weighted by Gasteiger charge is -2.33. The molecule has 11 nitrogen and oxygen atoms in total. The number of hydrogen-bond acceptors (Lipinski definition) is 7. The first kappa shape index (κ1) is 41.1. The summed E-state index contributed by atoms with van der Waals surface area (Å²) < 4.78 is 0. The van der Waals surface area contributed by atoms with Gasteiger partial charge < -0.3 is 30.7 Å². The van der Waals surface area contributed by atoms with Crippen molar-refractivity contribution in [1.29, 1.82) is 0 Å². The molecular weight excluding hydrogens is 715 g/mol. The Morgan fingerprint density at radius 1 is 0.754 bits per heavy atom. The number of aryl methyl sites for hydroxylation is 2. The van der Waals surface area contributed by atoms with Crippen LogP contribution in [0.15, 0.2) is 85.1 Å². The number of anilines is 2. The average molecular weight is 772 g/mol. The standard InChI is InChI=1S/C36H45N7O4.C10H12/c1-40(2)35(46)25-13-18-42(19-14-25)21-20-41(3)36(47)28-9-7-8-27(22-28)34(45)39-31-11-10-29(43-16-5-4-6-17-43)24-30(31)32-23-26(33(37)44)12-15-38-32;1-2-6-10-8-4-3-7-9(10)5-1/h7-12,15,22-25H,4-6,13-14,16-21H2,1-3H3,(H2,37,44)(H,39,45);1-2,5-6H,3-4,7-8H2. The van der Waals surface area contributed by atoms with E-state index >= 15 is 0 Å². The number of nitrogens with zero attached hydrogens (tertiary/aromatic N) is 5. The van der Waals surface area contributed by atoms with Crippen molar-refractivity contribution in [1.82, 2.24) is 19.7 Å². The van der Waals surface area contributed by atoms with Crippen molar-refractivity contribution in [3.8, 4) is 11.3 Å². The molecule has 0 unspecified atom stereocenters. The molecule has 1 aliphatic carbocycles. The summed E-state index contributed by atoms with van der Waals surface area (Å²) in [5, 5.41) is 3.01. The summed E-state index contributed by atoms with van der Waals surface area (Å²) in [6.45, 7) is 4.80. The molecular formula is C46H57N7O4. The topological polar surface area (TPSA) is 132 Å². The van der Waals surface area contributed by atoms with E-state index < -0.39 is 5.91 Å². The molecule has 4 aromatic rings. The van der Waals surface area contributed by atoms with Gasteiger partial charge in [0, 0.05) is 87.4 Å². The number of likely N-dealkylation sites (N-methyl/N-ethyl adjacent to an activating group) is 1. The Hall–Kier alpha value is -5.55. The third-order valence-corrected chi connectivity index (χ3v) is 11.4. The lowest BCUT2D eigenvalue weighted by molar-refractivity contribution is -0.134. The fourth-order valence-electron chi connectivity index (χ4n) is 7.98. The van der Waals surface area contributed by atoms with Crippen LogP contribution in [-0.2, 0) is 17.6 Å². The maximum atomic E-state index is 13.6. The van der Waals surface area contributed by atoms with E-state index in [4.69, 9.17) is 5.73 Å². The molecule has 3 N–H and O–H groups in total. The van der Waals surface area contributed by atoms with Crippen molar-refractivity contribution in [3.05, 3.63) is 113 Å². The third kappa shape index (κ3) is 10.9. The second-order valence-electron chi connectivity index (χ2n) is 15.7. The normalized spacial score (nSPS) is 15.7. The van der Waals surface area contributed by atoms with Crippen LogP contribution >= 0.6 is 0 Å². The van der Waals surface area contributed by atoms with Crippen molar-refractivity contribution < 1.29 is 19.2 Å². The first-order valence-electron chi connectivity index (χ1n) is 20.4. The number of nitrogens with two attached hydrogens (primary N) is 1. The first-order chi connectivity index (χ1) is 27.6. The largest absolute Gasteiger partial charge is 0.372 e. The van der Waals surface area contributed by atoms with Crippen LogP contribution in [0, 0.1) is 5.92 Å². The number of benzene rings is 3. The monoisotopic (exact) mass is 771 g/mol. The zero-order valence-corrected chi connectivity index (χ0v) is 33.7. The molecule has 3 aromatic carbocycles. The van der Waals surface area contributed by atoms with Crippen LogP contribution in [-0.4, -0.2) is 104 Å². The van der Waals surface area contributed by atoms with Gasteiger partial charge in [-0.05, 0) is 131 Å². The second kappa shape index (κ2) is 19.5. The Kier molecular flexibility index (Phi) is 14.1. The quantitative estimate of drug-likeness (QED) is 0.188. The lowest BCUT2D eigenvalue weighted by Crippen LogP contribution is -2.43. The molecule has 0 spiro atoms. The van der Waals surface area contributed by atoms with E-state index in [-0.39, 0.29) is 23.6 Å². The van der Waals surface area contributed by atoms with Crippen molar-refractivity contribution in [2.45, 2.75) is 57.8 Å². The van der Waals surface area contributed by atoms with Gasteiger partial charge >= 0.3 is 0 Å². The lowest BCUT2D eigenvalue weighted by atomic mass is 9.92. The fraction of sp³-hybridized carbons (Fsp3) is 0.413. The maximum Gasteiger partial charge on any atom is 0.255 e. The average Bonchev–Trinajstić information content (AvgIpc) is 3.26. The van der Waals surface area contributed by atoms with E-state index in [1.165, 1.54) is 38.3 Å². The smallest absolute Gasteiger partial charge is 0.255 e. The molecule has 4 amide bonds. The number of carbonyl (C=O) groups excluding carboxylic acids is 4. The van der Waals surface area contributed by atoms with Gasteiger partial charge in [0.15, 0.2) is 0 Å². The SMILES string of the molecule is CN(C)C(=O)C1CCN(CCN(C)C(=O)c2cccc(C(=O)Nc3ccc(N4CCCCC4)cc3-c3cc(C(N)=O)ccn3)c2)CC1.c1ccc2c(c1)CCCC2. The summed E-state index contributed by atoms with van der Waals surface area (Å²) in [5.41, 5.74) is 12.6.